The number of Topliss-reactive ketones (excluding diaryl/α,β-unsaturated/α-hetero) is 1. The number of ketones is 1. The van der Waals surface area contributed by atoms with E-state index >= 15 is 0 Å². The first-order chi connectivity index (χ1) is 7.59. The van der Waals surface area contributed by atoms with Gasteiger partial charge in [0.2, 0.25) is 5.91 Å². The molecular weight excluding hydrogens is 224 g/mol. The second-order valence-electron chi connectivity index (χ2n) is 3.65. The van der Waals surface area contributed by atoms with Crippen molar-refractivity contribution >= 4 is 29.1 Å². The number of rotatable bonds is 1. The minimum absolute atomic E-state index is 0.0953. The molecule has 1 aliphatic rings. The Labute approximate surface area is 97.6 Å². The molecule has 1 heterocycles. The van der Waals surface area contributed by atoms with Gasteiger partial charge in [0, 0.05) is 23.3 Å². The first-order valence-corrected chi connectivity index (χ1v) is 5.90. The Morgan fingerprint density at radius 2 is 2.31 bits per heavy atom. The van der Waals surface area contributed by atoms with Crippen LogP contribution in [0.3, 0.4) is 0 Å². The van der Waals surface area contributed by atoms with Gasteiger partial charge >= 0.3 is 0 Å². The minimum atomic E-state index is -0.459. The summed E-state index contributed by atoms with van der Waals surface area (Å²) in [6, 6.07) is 4.94. The Balaban J connectivity index is 2.34. The molecule has 0 bridgehead atoms. The average Bonchev–Trinajstić information content (AvgIpc) is 2.22. The third-order valence-corrected chi connectivity index (χ3v) is 3.56. The van der Waals surface area contributed by atoms with Gasteiger partial charge in [0.05, 0.1) is 5.56 Å². The number of fused-ring (bicyclic) bond motifs is 1. The normalized spacial score (nSPS) is 19.1. The van der Waals surface area contributed by atoms with Crippen LogP contribution in [0.1, 0.15) is 17.3 Å². The molecule has 84 valence electrons. The zero-order valence-corrected chi connectivity index (χ0v) is 9.64. The molecule has 0 saturated heterocycles. The van der Waals surface area contributed by atoms with Crippen LogP contribution >= 0.6 is 11.8 Å². The molecule has 1 aromatic rings. The van der Waals surface area contributed by atoms with Crippen molar-refractivity contribution in [2.45, 2.75) is 17.9 Å². The monoisotopic (exact) mass is 236 g/mol. The maximum atomic E-state index is 12.1. The molecule has 4 nitrogen and oxygen atoms in total. The number of benzene rings is 1. The molecule has 16 heavy (non-hydrogen) atoms. The van der Waals surface area contributed by atoms with E-state index in [1.807, 2.05) is 12.1 Å². The van der Waals surface area contributed by atoms with Crippen LogP contribution in [0, 0.1) is 0 Å². The molecule has 3 N–H and O–H groups in total. The number of hydrogen-bond donors (Lipinski definition) is 2. The lowest BCUT2D eigenvalue weighted by atomic mass is 10.0. The van der Waals surface area contributed by atoms with E-state index in [2.05, 4.69) is 5.32 Å². The molecular formula is C11H12N2O2S. The topological polar surface area (TPSA) is 72.2 Å². The van der Waals surface area contributed by atoms with Gasteiger partial charge < -0.3 is 11.1 Å². The minimum Gasteiger partial charge on any atom is -0.398 e. The standard InChI is InChI=1S/C11H12N2O2S/c1-6(14)13-8-5-16-9-4-2-3-7(12)10(9)11(8)15/h2-4,8H,5,12H2,1H3,(H,13,14). The van der Waals surface area contributed by atoms with Gasteiger partial charge in [0.25, 0.3) is 0 Å². The number of nitrogens with one attached hydrogen (secondary N) is 1. The summed E-state index contributed by atoms with van der Waals surface area (Å²) >= 11 is 1.54. The van der Waals surface area contributed by atoms with Crippen LogP contribution in [0.2, 0.25) is 0 Å². The van der Waals surface area contributed by atoms with Gasteiger partial charge in [-0.05, 0) is 12.1 Å². The van der Waals surface area contributed by atoms with Gasteiger partial charge in [-0.3, -0.25) is 9.59 Å². The van der Waals surface area contributed by atoms with Crippen molar-refractivity contribution in [2.75, 3.05) is 11.5 Å². The second kappa shape index (κ2) is 4.17. The number of thioether (sulfide) groups is 1. The van der Waals surface area contributed by atoms with E-state index in [4.69, 9.17) is 5.73 Å². The predicted molar refractivity (Wildman–Crippen MR) is 63.5 cm³/mol. The Morgan fingerprint density at radius 1 is 1.56 bits per heavy atom. The highest BCUT2D eigenvalue weighted by Gasteiger charge is 2.29. The number of nitrogens with two attached hydrogens (primary N) is 1. The highest BCUT2D eigenvalue weighted by Crippen LogP contribution is 2.33. The highest BCUT2D eigenvalue weighted by molar-refractivity contribution is 7.99. The van der Waals surface area contributed by atoms with E-state index in [0.717, 1.165) is 4.90 Å². The zero-order chi connectivity index (χ0) is 11.7. The van der Waals surface area contributed by atoms with E-state index in [9.17, 15) is 9.59 Å². The molecule has 1 aromatic carbocycles. The molecule has 0 fully saturated rings. The van der Waals surface area contributed by atoms with Gasteiger partial charge in [-0.1, -0.05) is 6.07 Å². The number of nitrogen functional groups attached to an aromatic ring is 1. The molecule has 1 unspecified atom stereocenters. The van der Waals surface area contributed by atoms with Crippen molar-refractivity contribution in [2.24, 2.45) is 0 Å². The SMILES string of the molecule is CC(=O)NC1CSc2cccc(N)c2C1=O. The number of carbonyl (C=O) groups excluding carboxylic acids is 2. The van der Waals surface area contributed by atoms with Crippen molar-refractivity contribution < 1.29 is 9.59 Å². The summed E-state index contributed by atoms with van der Waals surface area (Å²) in [6.07, 6.45) is 0. The van der Waals surface area contributed by atoms with E-state index in [1.54, 1.807) is 17.8 Å². The quantitative estimate of drug-likeness (QED) is 0.715. The third kappa shape index (κ3) is 1.90. The fourth-order valence-electron chi connectivity index (χ4n) is 1.71. The summed E-state index contributed by atoms with van der Waals surface area (Å²) < 4.78 is 0. The van der Waals surface area contributed by atoms with Crippen LogP contribution in [0.15, 0.2) is 23.1 Å². The lowest BCUT2D eigenvalue weighted by molar-refractivity contribution is -0.119. The number of carbonyl (C=O) groups is 2. The summed E-state index contributed by atoms with van der Waals surface area (Å²) in [5.41, 5.74) is 6.79. The number of amides is 1. The fraction of sp³-hybridized carbons (Fsp3) is 0.273. The van der Waals surface area contributed by atoms with Crippen molar-refractivity contribution in [3.05, 3.63) is 23.8 Å². The number of hydrogen-bond acceptors (Lipinski definition) is 4. The maximum Gasteiger partial charge on any atom is 0.217 e. The van der Waals surface area contributed by atoms with Gasteiger partial charge in [-0.15, -0.1) is 11.8 Å². The van der Waals surface area contributed by atoms with Gasteiger partial charge in [-0.25, -0.2) is 0 Å². The molecule has 5 heteroatoms. The summed E-state index contributed by atoms with van der Waals surface area (Å²) in [5, 5.41) is 2.63. The molecule has 0 aromatic heterocycles. The summed E-state index contributed by atoms with van der Waals surface area (Å²) in [5.74, 6) is 0.272. The lowest BCUT2D eigenvalue weighted by Gasteiger charge is -2.24. The van der Waals surface area contributed by atoms with Gasteiger partial charge in [-0.2, -0.15) is 0 Å². The molecule has 0 aliphatic carbocycles. The van der Waals surface area contributed by atoms with E-state index in [-0.39, 0.29) is 11.7 Å². The lowest BCUT2D eigenvalue weighted by Crippen LogP contribution is -2.43. The molecule has 1 amide bonds. The van der Waals surface area contributed by atoms with Gasteiger partial charge in [0.15, 0.2) is 5.78 Å². The Bertz CT molecular complexity index is 459. The summed E-state index contributed by atoms with van der Waals surface area (Å²) in [4.78, 5) is 23.9. The third-order valence-electron chi connectivity index (χ3n) is 2.40. The maximum absolute atomic E-state index is 12.1. The second-order valence-corrected chi connectivity index (χ2v) is 4.71. The van der Waals surface area contributed by atoms with Crippen molar-refractivity contribution in [1.82, 2.24) is 5.32 Å². The predicted octanol–water partition coefficient (Wildman–Crippen LogP) is 1.06. The van der Waals surface area contributed by atoms with E-state index < -0.39 is 6.04 Å². The number of anilines is 1. The van der Waals surface area contributed by atoms with Crippen molar-refractivity contribution in [3.8, 4) is 0 Å². The van der Waals surface area contributed by atoms with Crippen LogP contribution < -0.4 is 11.1 Å². The Morgan fingerprint density at radius 3 is 3.00 bits per heavy atom. The molecule has 1 aliphatic heterocycles. The van der Waals surface area contributed by atoms with Crippen LogP contribution in [-0.2, 0) is 4.79 Å². The van der Waals surface area contributed by atoms with Gasteiger partial charge in [0.1, 0.15) is 6.04 Å². The molecule has 0 spiro atoms. The van der Waals surface area contributed by atoms with Crippen molar-refractivity contribution in [1.29, 1.82) is 0 Å². The Hall–Kier alpha value is -1.49. The van der Waals surface area contributed by atoms with E-state index in [0.29, 0.717) is 17.0 Å². The highest BCUT2D eigenvalue weighted by atomic mass is 32.2. The molecule has 0 saturated carbocycles. The van der Waals surface area contributed by atoms with Crippen LogP contribution in [0.4, 0.5) is 5.69 Å². The van der Waals surface area contributed by atoms with Crippen LogP contribution in [0.5, 0.6) is 0 Å². The smallest absolute Gasteiger partial charge is 0.217 e. The largest absolute Gasteiger partial charge is 0.398 e. The van der Waals surface area contributed by atoms with Crippen LogP contribution in [-0.4, -0.2) is 23.5 Å². The average molecular weight is 236 g/mol. The van der Waals surface area contributed by atoms with Crippen molar-refractivity contribution in [3.63, 3.8) is 0 Å². The van der Waals surface area contributed by atoms with E-state index in [1.165, 1.54) is 6.92 Å². The summed E-state index contributed by atoms with van der Waals surface area (Å²) in [6.45, 7) is 1.40. The first kappa shape index (κ1) is 11.0. The zero-order valence-electron chi connectivity index (χ0n) is 8.82. The van der Waals surface area contributed by atoms with Crippen LogP contribution in [0.25, 0.3) is 0 Å². The first-order valence-electron chi connectivity index (χ1n) is 4.92. The molecule has 1 atom stereocenters. The fourth-order valence-corrected chi connectivity index (χ4v) is 2.83. The molecule has 2 rings (SSSR count). The molecule has 0 radical (unpaired) electrons. The Kier molecular flexibility index (Phi) is 2.87. The summed E-state index contributed by atoms with van der Waals surface area (Å²) in [7, 11) is 0.